The summed E-state index contributed by atoms with van der Waals surface area (Å²) in [6, 6.07) is 8.99. The van der Waals surface area contributed by atoms with Gasteiger partial charge in [0.15, 0.2) is 0 Å². The fourth-order valence-electron chi connectivity index (χ4n) is 5.21. The first-order valence-corrected chi connectivity index (χ1v) is 15.2. The molecule has 38 heavy (non-hydrogen) atoms. The van der Waals surface area contributed by atoms with Crippen molar-refractivity contribution in [2.45, 2.75) is 156 Å². The van der Waals surface area contributed by atoms with Gasteiger partial charge < -0.3 is 10.2 Å². The van der Waals surface area contributed by atoms with E-state index in [1.165, 1.54) is 11.1 Å². The molecule has 0 bridgehead atoms. The highest BCUT2D eigenvalue weighted by atomic mass is 16.3. The number of phenolic OH excluding ortho intramolecular Hbond substituents is 2. The Bertz CT molecular complexity index is 1020. The largest absolute Gasteiger partial charge is 0.507 e. The summed E-state index contributed by atoms with van der Waals surface area (Å²) in [7, 11) is 0. The Morgan fingerprint density at radius 3 is 1.11 bits per heavy atom. The molecule has 0 aromatic heterocycles. The van der Waals surface area contributed by atoms with Crippen LogP contribution in [0.4, 0.5) is 0 Å². The van der Waals surface area contributed by atoms with Crippen LogP contribution in [0.1, 0.15) is 168 Å². The van der Waals surface area contributed by atoms with E-state index in [-0.39, 0.29) is 27.6 Å². The fraction of sp³-hybridized carbons (Fsp3) is 0.667. The van der Waals surface area contributed by atoms with E-state index in [9.17, 15) is 10.2 Å². The first-order chi connectivity index (χ1) is 17.4. The van der Waals surface area contributed by atoms with Crippen LogP contribution in [-0.4, -0.2) is 10.2 Å². The summed E-state index contributed by atoms with van der Waals surface area (Å²) >= 11 is 0. The number of aromatic hydroxyl groups is 2. The van der Waals surface area contributed by atoms with Gasteiger partial charge in [-0.3, -0.25) is 0 Å². The van der Waals surface area contributed by atoms with Crippen LogP contribution in [0.25, 0.3) is 0 Å². The van der Waals surface area contributed by atoms with Crippen molar-refractivity contribution in [3.63, 3.8) is 0 Å². The topological polar surface area (TPSA) is 40.5 Å². The minimum atomic E-state index is -0.154. The molecular weight excluding hydrogens is 464 g/mol. The normalized spacial score (nSPS) is 13.4. The highest BCUT2D eigenvalue weighted by Crippen LogP contribution is 2.49. The van der Waals surface area contributed by atoms with Gasteiger partial charge in [-0.1, -0.05) is 121 Å². The standard InChI is InChI=1S/C36H58O2/c1-14-19-26(27-20-24(33(6,7)15-2)22-29(31(27)37)35(10,11)17-4)28-21-25(34(8,9)16-3)23-30(32(28)38)36(12,13)18-5/h20-23,26,37-38H,14-19H2,1-13H3. The predicted octanol–water partition coefficient (Wildman–Crippen LogP) is 10.8. The number of hydrogen-bond donors (Lipinski definition) is 2. The van der Waals surface area contributed by atoms with Crippen molar-refractivity contribution in [2.24, 2.45) is 0 Å². The minimum Gasteiger partial charge on any atom is -0.507 e. The van der Waals surface area contributed by atoms with E-state index >= 15 is 0 Å². The van der Waals surface area contributed by atoms with Crippen molar-refractivity contribution in [1.82, 2.24) is 0 Å². The van der Waals surface area contributed by atoms with E-state index in [0.717, 1.165) is 60.8 Å². The Morgan fingerprint density at radius 1 is 0.526 bits per heavy atom. The molecule has 2 aromatic carbocycles. The molecule has 0 atom stereocenters. The number of hydrogen-bond acceptors (Lipinski definition) is 2. The molecule has 0 amide bonds. The monoisotopic (exact) mass is 522 g/mol. The van der Waals surface area contributed by atoms with Crippen LogP contribution >= 0.6 is 0 Å². The van der Waals surface area contributed by atoms with Crippen LogP contribution in [0.2, 0.25) is 0 Å². The van der Waals surface area contributed by atoms with Gasteiger partial charge >= 0.3 is 0 Å². The molecule has 2 N–H and O–H groups in total. The van der Waals surface area contributed by atoms with Crippen molar-refractivity contribution in [2.75, 3.05) is 0 Å². The van der Waals surface area contributed by atoms with Crippen LogP contribution in [0, 0.1) is 0 Å². The van der Waals surface area contributed by atoms with Gasteiger partial charge in [0.1, 0.15) is 11.5 Å². The lowest BCUT2D eigenvalue weighted by atomic mass is 9.71. The predicted molar refractivity (Wildman–Crippen MR) is 166 cm³/mol. The van der Waals surface area contributed by atoms with Crippen LogP contribution in [0.15, 0.2) is 24.3 Å². The molecule has 2 aromatic rings. The lowest BCUT2D eigenvalue weighted by Gasteiger charge is -2.34. The summed E-state index contributed by atoms with van der Waals surface area (Å²) in [5.41, 5.74) is 6.17. The van der Waals surface area contributed by atoms with Gasteiger partial charge in [-0.2, -0.15) is 0 Å². The van der Waals surface area contributed by atoms with Crippen LogP contribution < -0.4 is 0 Å². The summed E-state index contributed by atoms with van der Waals surface area (Å²) in [6.07, 6.45) is 5.74. The Labute approximate surface area is 235 Å². The summed E-state index contributed by atoms with van der Waals surface area (Å²) in [5.74, 6) is 0.724. The maximum Gasteiger partial charge on any atom is 0.123 e. The third-order valence-corrected chi connectivity index (χ3v) is 10.2. The Hall–Kier alpha value is -1.96. The van der Waals surface area contributed by atoms with Gasteiger partial charge in [-0.15, -0.1) is 0 Å². The minimum absolute atomic E-state index is 0.0127. The number of phenols is 2. The summed E-state index contributed by atoms with van der Waals surface area (Å²) in [5, 5.41) is 23.9. The van der Waals surface area contributed by atoms with Crippen molar-refractivity contribution in [1.29, 1.82) is 0 Å². The molecule has 0 saturated heterocycles. The Morgan fingerprint density at radius 2 is 0.842 bits per heavy atom. The summed E-state index contributed by atoms with van der Waals surface area (Å²) < 4.78 is 0. The number of rotatable bonds is 12. The SMILES string of the molecule is CCCC(c1cc(C(C)(C)CC)cc(C(C)(C)CC)c1O)c1cc(C(C)(C)CC)cc(C(C)(C)CC)c1O. The maximum atomic E-state index is 11.9. The fourth-order valence-corrected chi connectivity index (χ4v) is 5.21. The third kappa shape index (κ3) is 6.26. The molecule has 0 saturated carbocycles. The van der Waals surface area contributed by atoms with E-state index < -0.39 is 0 Å². The van der Waals surface area contributed by atoms with Crippen molar-refractivity contribution >= 4 is 0 Å². The first-order valence-electron chi connectivity index (χ1n) is 15.2. The molecule has 0 radical (unpaired) electrons. The second kappa shape index (κ2) is 11.6. The smallest absolute Gasteiger partial charge is 0.123 e. The molecule has 2 heteroatoms. The molecule has 214 valence electrons. The zero-order valence-corrected chi connectivity index (χ0v) is 27.0. The van der Waals surface area contributed by atoms with E-state index in [0.29, 0.717) is 11.5 Å². The molecule has 0 aliphatic heterocycles. The number of benzene rings is 2. The Balaban J connectivity index is 3.06. The Kier molecular flexibility index (Phi) is 9.89. The van der Waals surface area contributed by atoms with E-state index in [4.69, 9.17) is 0 Å². The van der Waals surface area contributed by atoms with E-state index in [1.54, 1.807) is 0 Å². The summed E-state index contributed by atoms with van der Waals surface area (Å²) in [6.45, 7) is 29.2. The molecular formula is C36H58O2. The molecule has 2 rings (SSSR count). The van der Waals surface area contributed by atoms with Crippen molar-refractivity contribution < 1.29 is 10.2 Å². The quantitative estimate of drug-likeness (QED) is 0.291. The average molecular weight is 523 g/mol. The average Bonchev–Trinajstić information content (AvgIpc) is 2.87. The van der Waals surface area contributed by atoms with Gasteiger partial charge in [0.25, 0.3) is 0 Å². The first kappa shape index (κ1) is 32.3. The van der Waals surface area contributed by atoms with Gasteiger partial charge in [0, 0.05) is 28.2 Å². The molecule has 0 heterocycles. The van der Waals surface area contributed by atoms with Gasteiger partial charge in [-0.25, -0.2) is 0 Å². The second-order valence-corrected chi connectivity index (χ2v) is 14.2. The molecule has 0 aliphatic rings. The second-order valence-electron chi connectivity index (χ2n) is 14.2. The highest BCUT2D eigenvalue weighted by molar-refractivity contribution is 5.57. The maximum absolute atomic E-state index is 11.9. The van der Waals surface area contributed by atoms with Crippen LogP contribution in [0.3, 0.4) is 0 Å². The summed E-state index contributed by atoms with van der Waals surface area (Å²) in [4.78, 5) is 0. The van der Waals surface area contributed by atoms with E-state index in [2.05, 4.69) is 114 Å². The van der Waals surface area contributed by atoms with Crippen LogP contribution in [0.5, 0.6) is 11.5 Å². The zero-order valence-electron chi connectivity index (χ0n) is 27.0. The molecule has 0 aliphatic carbocycles. The van der Waals surface area contributed by atoms with Crippen LogP contribution in [-0.2, 0) is 21.7 Å². The lowest BCUT2D eigenvalue weighted by Crippen LogP contribution is -2.23. The van der Waals surface area contributed by atoms with Gasteiger partial charge in [0.05, 0.1) is 0 Å². The highest BCUT2D eigenvalue weighted by Gasteiger charge is 2.34. The molecule has 0 spiro atoms. The molecule has 0 fully saturated rings. The van der Waals surface area contributed by atoms with E-state index in [1.807, 2.05) is 0 Å². The third-order valence-electron chi connectivity index (χ3n) is 10.2. The molecule has 0 unspecified atom stereocenters. The lowest BCUT2D eigenvalue weighted by molar-refractivity contribution is 0.407. The zero-order chi connectivity index (χ0) is 29.3. The molecule has 2 nitrogen and oxygen atoms in total. The van der Waals surface area contributed by atoms with Crippen molar-refractivity contribution in [3.8, 4) is 11.5 Å². The van der Waals surface area contributed by atoms with Crippen molar-refractivity contribution in [3.05, 3.63) is 57.6 Å². The van der Waals surface area contributed by atoms with Gasteiger partial charge in [0.2, 0.25) is 0 Å². The van der Waals surface area contributed by atoms with Gasteiger partial charge in [-0.05, 0) is 64.9 Å².